The molecule has 32 heavy (non-hydrogen) atoms. The van der Waals surface area contributed by atoms with Gasteiger partial charge in [-0.15, -0.1) is 0 Å². The summed E-state index contributed by atoms with van der Waals surface area (Å²) in [5.41, 5.74) is 3.05. The third kappa shape index (κ3) is 3.89. The highest BCUT2D eigenvalue weighted by Gasteiger charge is 2.33. The van der Waals surface area contributed by atoms with E-state index in [-0.39, 0.29) is 36.9 Å². The lowest BCUT2D eigenvalue weighted by molar-refractivity contribution is -0.123. The molecule has 0 bridgehead atoms. The van der Waals surface area contributed by atoms with E-state index in [0.29, 0.717) is 30.0 Å². The van der Waals surface area contributed by atoms with Crippen LogP contribution in [0.5, 0.6) is 0 Å². The molecule has 1 fully saturated rings. The molecule has 0 spiro atoms. The largest absolute Gasteiger partial charge is 0.465 e. The number of fused-ring (bicyclic) bond motifs is 1. The summed E-state index contributed by atoms with van der Waals surface area (Å²) in [4.78, 5) is 52.6. The molecular weight excluding hydrogens is 412 g/mol. The molecule has 4 rings (SSSR count). The molecular formula is C23H24N4O5. The molecule has 0 aromatic heterocycles. The lowest BCUT2D eigenvalue weighted by Crippen LogP contribution is -2.51. The number of piperazine rings is 1. The van der Waals surface area contributed by atoms with Gasteiger partial charge in [-0.1, -0.05) is 18.2 Å². The second-order valence-electron chi connectivity index (χ2n) is 7.99. The molecule has 2 aromatic rings. The van der Waals surface area contributed by atoms with Crippen LogP contribution in [0, 0.1) is 0 Å². The number of benzene rings is 2. The molecule has 1 atom stereocenters. The van der Waals surface area contributed by atoms with Gasteiger partial charge >= 0.3 is 6.09 Å². The predicted molar refractivity (Wildman–Crippen MR) is 119 cm³/mol. The van der Waals surface area contributed by atoms with Crippen LogP contribution in [0.4, 0.5) is 16.2 Å². The van der Waals surface area contributed by atoms with E-state index in [2.05, 4.69) is 5.32 Å². The lowest BCUT2D eigenvalue weighted by Gasteiger charge is -2.39. The Labute approximate surface area is 185 Å². The van der Waals surface area contributed by atoms with E-state index in [0.717, 1.165) is 11.1 Å². The summed E-state index contributed by atoms with van der Waals surface area (Å²) >= 11 is 0. The smallest absolute Gasteiger partial charge is 0.411 e. The number of hydrogen-bond acceptors (Lipinski definition) is 4. The average molecular weight is 436 g/mol. The van der Waals surface area contributed by atoms with Crippen molar-refractivity contribution < 1.29 is 24.3 Å². The third-order valence-electron chi connectivity index (χ3n) is 5.77. The summed E-state index contributed by atoms with van der Waals surface area (Å²) in [5, 5.41) is 12.4. The molecule has 0 saturated carbocycles. The molecule has 2 heterocycles. The summed E-state index contributed by atoms with van der Waals surface area (Å²) in [6.07, 6.45) is -1.08. The van der Waals surface area contributed by atoms with Crippen LogP contribution in [0.25, 0.3) is 11.1 Å². The minimum Gasteiger partial charge on any atom is -0.465 e. The van der Waals surface area contributed by atoms with Gasteiger partial charge in [0.15, 0.2) is 0 Å². The molecule has 4 amide bonds. The summed E-state index contributed by atoms with van der Waals surface area (Å²) in [6, 6.07) is 12.0. The van der Waals surface area contributed by atoms with E-state index >= 15 is 0 Å². The van der Waals surface area contributed by atoms with Gasteiger partial charge in [-0.25, -0.2) is 4.79 Å². The maximum atomic E-state index is 12.7. The van der Waals surface area contributed by atoms with Crippen molar-refractivity contribution in [3.05, 3.63) is 48.0 Å². The number of rotatable bonds is 2. The van der Waals surface area contributed by atoms with Crippen LogP contribution in [0.2, 0.25) is 0 Å². The Balaban J connectivity index is 1.64. The molecule has 2 aliphatic rings. The van der Waals surface area contributed by atoms with Crippen LogP contribution >= 0.6 is 0 Å². The first-order chi connectivity index (χ1) is 15.3. The van der Waals surface area contributed by atoms with Crippen molar-refractivity contribution in [3.8, 4) is 11.1 Å². The van der Waals surface area contributed by atoms with Crippen molar-refractivity contribution in [2.24, 2.45) is 0 Å². The molecule has 9 heteroatoms. The van der Waals surface area contributed by atoms with Gasteiger partial charge in [0.1, 0.15) is 0 Å². The molecule has 2 aromatic carbocycles. The van der Waals surface area contributed by atoms with Gasteiger partial charge in [0.2, 0.25) is 11.8 Å². The second-order valence-corrected chi connectivity index (χ2v) is 7.99. The van der Waals surface area contributed by atoms with Crippen LogP contribution in [0.3, 0.4) is 0 Å². The van der Waals surface area contributed by atoms with Gasteiger partial charge in [-0.05, 0) is 42.3 Å². The highest BCUT2D eigenvalue weighted by molar-refractivity contribution is 6.03. The van der Waals surface area contributed by atoms with Crippen molar-refractivity contribution in [2.75, 3.05) is 36.0 Å². The lowest BCUT2D eigenvalue weighted by atomic mass is 9.99. The number of hydrogen-bond donors (Lipinski definition) is 2. The number of carbonyl (C=O) groups excluding carboxylic acids is 3. The van der Waals surface area contributed by atoms with Crippen LogP contribution in [0.15, 0.2) is 42.5 Å². The quantitative estimate of drug-likeness (QED) is 0.750. The Hall–Kier alpha value is -3.88. The van der Waals surface area contributed by atoms with Crippen molar-refractivity contribution in [3.63, 3.8) is 0 Å². The summed E-state index contributed by atoms with van der Waals surface area (Å²) in [6.45, 7) is 4.41. The van der Waals surface area contributed by atoms with Crippen LogP contribution < -0.4 is 15.1 Å². The monoisotopic (exact) mass is 436 g/mol. The zero-order chi connectivity index (χ0) is 23.0. The second kappa shape index (κ2) is 8.33. The predicted octanol–water partition coefficient (Wildman–Crippen LogP) is 2.17. The fourth-order valence-electron chi connectivity index (χ4n) is 4.27. The number of carbonyl (C=O) groups is 4. The topological polar surface area (TPSA) is 110 Å². The number of nitrogens with zero attached hydrogens (tertiary/aromatic N) is 3. The minimum absolute atomic E-state index is 0.0432. The number of nitrogens with one attached hydrogen (secondary N) is 1. The van der Waals surface area contributed by atoms with Crippen molar-refractivity contribution in [1.82, 2.24) is 10.2 Å². The van der Waals surface area contributed by atoms with E-state index < -0.39 is 6.09 Å². The average Bonchev–Trinajstić information content (AvgIpc) is 2.77. The van der Waals surface area contributed by atoms with E-state index in [1.54, 1.807) is 41.3 Å². The highest BCUT2D eigenvalue weighted by atomic mass is 16.4. The first kappa shape index (κ1) is 21.4. The molecule has 1 saturated heterocycles. The first-order valence-corrected chi connectivity index (χ1v) is 10.4. The number of anilines is 2. The Morgan fingerprint density at radius 3 is 2.34 bits per heavy atom. The van der Waals surface area contributed by atoms with Gasteiger partial charge in [0.05, 0.1) is 24.0 Å². The van der Waals surface area contributed by atoms with Crippen molar-refractivity contribution in [2.45, 2.75) is 19.9 Å². The minimum atomic E-state index is -1.08. The molecule has 0 aliphatic carbocycles. The van der Waals surface area contributed by atoms with Gasteiger partial charge in [-0.2, -0.15) is 0 Å². The molecule has 0 radical (unpaired) electrons. The van der Waals surface area contributed by atoms with Crippen molar-refractivity contribution in [1.29, 1.82) is 0 Å². The van der Waals surface area contributed by atoms with E-state index in [1.165, 1.54) is 16.7 Å². The Morgan fingerprint density at radius 1 is 1.03 bits per heavy atom. The maximum absolute atomic E-state index is 12.7. The highest BCUT2D eigenvalue weighted by Crippen LogP contribution is 2.39. The SMILES string of the molecule is CC(=O)N1c2ccc(-c3ccc(C(=O)N4CCNC(=O)C4)cc3)cc2N(C(=O)O)C[C@@H]1C. The number of amides is 4. The fourth-order valence-corrected chi connectivity index (χ4v) is 4.27. The molecule has 2 aliphatic heterocycles. The Bertz CT molecular complexity index is 1100. The van der Waals surface area contributed by atoms with Crippen LogP contribution in [-0.2, 0) is 9.59 Å². The standard InChI is InChI=1S/C23H24N4O5/c1-14-12-26(23(31)32)20-11-18(7-8-19(20)27(14)15(2)28)16-3-5-17(6-4-16)22(30)25-10-9-24-21(29)13-25/h3-8,11,14H,9-10,12-13H2,1-2H3,(H,24,29)(H,31,32)/t14-/m0/s1. The van der Waals surface area contributed by atoms with Crippen molar-refractivity contribution >= 4 is 35.2 Å². The first-order valence-electron chi connectivity index (χ1n) is 10.4. The van der Waals surface area contributed by atoms with Crippen LogP contribution in [-0.4, -0.2) is 66.0 Å². The summed E-state index contributed by atoms with van der Waals surface area (Å²) < 4.78 is 0. The maximum Gasteiger partial charge on any atom is 0.411 e. The Morgan fingerprint density at radius 2 is 1.72 bits per heavy atom. The Kier molecular flexibility index (Phi) is 5.56. The summed E-state index contributed by atoms with van der Waals surface area (Å²) in [5.74, 6) is -0.530. The molecule has 0 unspecified atom stereocenters. The normalized spacial score (nSPS) is 18.1. The molecule has 2 N–H and O–H groups in total. The van der Waals surface area contributed by atoms with Crippen LogP contribution in [0.1, 0.15) is 24.2 Å². The zero-order valence-electron chi connectivity index (χ0n) is 17.9. The summed E-state index contributed by atoms with van der Waals surface area (Å²) in [7, 11) is 0. The van der Waals surface area contributed by atoms with Gasteiger partial charge in [0.25, 0.3) is 5.91 Å². The van der Waals surface area contributed by atoms with Gasteiger partial charge in [-0.3, -0.25) is 19.3 Å². The number of carboxylic acid groups (broad SMARTS) is 1. The zero-order valence-corrected chi connectivity index (χ0v) is 17.9. The molecule has 166 valence electrons. The van der Waals surface area contributed by atoms with E-state index in [9.17, 15) is 24.3 Å². The molecule has 9 nitrogen and oxygen atoms in total. The van der Waals surface area contributed by atoms with Gasteiger partial charge in [0, 0.05) is 32.1 Å². The van der Waals surface area contributed by atoms with Gasteiger partial charge < -0.3 is 20.2 Å². The van der Waals surface area contributed by atoms with E-state index in [4.69, 9.17) is 0 Å². The van der Waals surface area contributed by atoms with E-state index in [1.807, 2.05) is 13.0 Å². The third-order valence-corrected chi connectivity index (χ3v) is 5.77. The fraction of sp³-hybridized carbons (Fsp3) is 0.304.